The SMILES string of the molecule is COC(=O)N[C@H](C(=O)N1C[C@@H](OC(F)F)C[C@H]1c1ncc(-c2ccc(-c3ccc4cc(-c5cnc([C@@H]6CCCN6C(=O)OC(C)(C)C)[nH]5)ccc4c3)cc2)[nH]1)C(C)C. The van der Waals surface area contributed by atoms with Crippen LogP contribution in [-0.2, 0) is 19.0 Å². The Morgan fingerprint density at radius 3 is 2.03 bits per heavy atom. The molecule has 13 nitrogen and oxygen atoms in total. The van der Waals surface area contributed by atoms with Gasteiger partial charge in [0.05, 0.1) is 49.1 Å². The van der Waals surface area contributed by atoms with Crippen molar-refractivity contribution in [1.29, 1.82) is 0 Å². The van der Waals surface area contributed by atoms with E-state index >= 15 is 0 Å². The highest BCUT2D eigenvalue weighted by Gasteiger charge is 2.43. The van der Waals surface area contributed by atoms with Crippen molar-refractivity contribution in [2.24, 2.45) is 5.92 Å². The number of fused-ring (bicyclic) bond motifs is 1. The maximum atomic E-state index is 13.7. The fourth-order valence-corrected chi connectivity index (χ4v) is 7.75. The molecule has 0 radical (unpaired) electrons. The molecule has 2 aromatic heterocycles. The van der Waals surface area contributed by atoms with Gasteiger partial charge in [-0.3, -0.25) is 9.69 Å². The van der Waals surface area contributed by atoms with Crippen LogP contribution in [0, 0.1) is 5.92 Å². The minimum Gasteiger partial charge on any atom is -0.453 e. The van der Waals surface area contributed by atoms with Crippen LogP contribution in [0.3, 0.4) is 0 Å². The molecule has 3 N–H and O–H groups in total. The molecule has 0 aliphatic carbocycles. The second kappa shape index (κ2) is 16.6. The lowest BCUT2D eigenvalue weighted by Crippen LogP contribution is -2.51. The van der Waals surface area contributed by atoms with Gasteiger partial charge in [0.1, 0.15) is 23.3 Å². The van der Waals surface area contributed by atoms with Gasteiger partial charge in [0, 0.05) is 25.1 Å². The van der Waals surface area contributed by atoms with Gasteiger partial charge in [-0.1, -0.05) is 62.4 Å². The van der Waals surface area contributed by atoms with E-state index in [9.17, 15) is 23.2 Å². The van der Waals surface area contributed by atoms with Crippen LogP contribution in [0.1, 0.15) is 77.6 Å². The van der Waals surface area contributed by atoms with E-state index in [1.807, 2.05) is 51.2 Å². The first-order chi connectivity index (χ1) is 27.7. The zero-order chi connectivity index (χ0) is 41.3. The summed E-state index contributed by atoms with van der Waals surface area (Å²) in [6.45, 7) is 6.70. The van der Waals surface area contributed by atoms with Crippen molar-refractivity contribution in [3.8, 4) is 33.6 Å². The molecule has 2 saturated heterocycles. The summed E-state index contributed by atoms with van der Waals surface area (Å²) >= 11 is 0. The van der Waals surface area contributed by atoms with Crippen molar-refractivity contribution < 1.29 is 37.4 Å². The van der Waals surface area contributed by atoms with E-state index in [4.69, 9.17) is 14.2 Å². The summed E-state index contributed by atoms with van der Waals surface area (Å²) in [5, 5.41) is 4.71. The number of carbonyl (C=O) groups excluding carboxylic acids is 3. The van der Waals surface area contributed by atoms with E-state index in [-0.39, 0.29) is 31.0 Å². The van der Waals surface area contributed by atoms with Gasteiger partial charge >= 0.3 is 18.8 Å². The number of hydrogen-bond donors (Lipinski definition) is 3. The zero-order valence-corrected chi connectivity index (χ0v) is 33.4. The summed E-state index contributed by atoms with van der Waals surface area (Å²) in [5.41, 5.74) is 4.88. The van der Waals surface area contributed by atoms with E-state index in [0.29, 0.717) is 18.1 Å². The van der Waals surface area contributed by atoms with Gasteiger partial charge in [0.15, 0.2) is 0 Å². The van der Waals surface area contributed by atoms with Gasteiger partial charge in [-0.2, -0.15) is 8.78 Å². The van der Waals surface area contributed by atoms with Crippen molar-refractivity contribution in [2.45, 2.75) is 90.3 Å². The number of imidazole rings is 2. The number of ether oxygens (including phenoxy) is 3. The number of aromatic amines is 2. The molecule has 3 aromatic carbocycles. The van der Waals surface area contributed by atoms with E-state index in [1.165, 1.54) is 12.0 Å². The van der Waals surface area contributed by atoms with Crippen molar-refractivity contribution in [2.75, 3.05) is 20.2 Å². The van der Waals surface area contributed by atoms with Gasteiger partial charge in [-0.05, 0) is 79.1 Å². The molecule has 2 aliphatic heterocycles. The third-order valence-electron chi connectivity index (χ3n) is 10.6. The summed E-state index contributed by atoms with van der Waals surface area (Å²) in [5.74, 6) is 0.432. The predicted molar refractivity (Wildman–Crippen MR) is 214 cm³/mol. The van der Waals surface area contributed by atoms with Crippen LogP contribution >= 0.6 is 0 Å². The van der Waals surface area contributed by atoms with Crippen molar-refractivity contribution in [3.63, 3.8) is 0 Å². The first-order valence-electron chi connectivity index (χ1n) is 19.5. The summed E-state index contributed by atoms with van der Waals surface area (Å²) in [4.78, 5) is 57.8. The van der Waals surface area contributed by atoms with Gasteiger partial charge in [-0.25, -0.2) is 19.6 Å². The maximum Gasteiger partial charge on any atom is 0.410 e. The number of H-pyrrole nitrogens is 2. The number of aromatic nitrogens is 4. The van der Waals surface area contributed by atoms with E-state index < -0.39 is 42.4 Å². The Bertz CT molecular complexity index is 2270. The van der Waals surface area contributed by atoms with Gasteiger partial charge in [0.25, 0.3) is 0 Å². The number of nitrogens with one attached hydrogen (secondary N) is 3. The number of nitrogens with zero attached hydrogens (tertiary/aromatic N) is 4. The van der Waals surface area contributed by atoms with Crippen molar-refractivity contribution in [3.05, 3.63) is 84.7 Å². The fraction of sp³-hybridized carbons (Fsp3) is 0.419. The lowest BCUT2D eigenvalue weighted by Gasteiger charge is -2.29. The quantitative estimate of drug-likeness (QED) is 0.127. The molecule has 5 aromatic rings. The number of amides is 3. The monoisotopic (exact) mass is 797 g/mol. The number of alkyl carbamates (subject to hydrolysis) is 1. The molecule has 0 saturated carbocycles. The number of hydrogen-bond acceptors (Lipinski definition) is 8. The molecule has 4 heterocycles. The molecule has 7 rings (SSSR count). The number of alkyl halides is 2. The molecule has 3 amide bonds. The van der Waals surface area contributed by atoms with Crippen molar-refractivity contribution >= 4 is 28.9 Å². The van der Waals surface area contributed by atoms with Gasteiger partial charge < -0.3 is 34.4 Å². The van der Waals surface area contributed by atoms with Crippen LogP contribution in [0.4, 0.5) is 18.4 Å². The average Bonchev–Trinajstić information content (AvgIpc) is 4.02. The second-order valence-electron chi connectivity index (χ2n) is 16.2. The smallest absolute Gasteiger partial charge is 0.410 e. The molecule has 0 bridgehead atoms. The van der Waals surface area contributed by atoms with Crippen LogP contribution in [0.2, 0.25) is 0 Å². The molecule has 0 spiro atoms. The lowest BCUT2D eigenvalue weighted by molar-refractivity contribution is -0.160. The van der Waals surface area contributed by atoms with Crippen LogP contribution in [0.15, 0.2) is 73.1 Å². The largest absolute Gasteiger partial charge is 0.453 e. The zero-order valence-electron chi connectivity index (χ0n) is 33.4. The normalized spacial score (nSPS) is 19.0. The average molecular weight is 798 g/mol. The number of rotatable bonds is 10. The molecule has 58 heavy (non-hydrogen) atoms. The Morgan fingerprint density at radius 2 is 1.41 bits per heavy atom. The van der Waals surface area contributed by atoms with Gasteiger partial charge in [0.2, 0.25) is 5.91 Å². The highest BCUT2D eigenvalue weighted by atomic mass is 19.3. The summed E-state index contributed by atoms with van der Waals surface area (Å²) in [6.07, 6.45) is 3.27. The van der Waals surface area contributed by atoms with Crippen LogP contribution in [0.25, 0.3) is 44.4 Å². The summed E-state index contributed by atoms with van der Waals surface area (Å²) < 4.78 is 41.7. The second-order valence-corrected chi connectivity index (χ2v) is 16.2. The Kier molecular flexibility index (Phi) is 11.5. The number of halogens is 2. The van der Waals surface area contributed by atoms with Gasteiger partial charge in [-0.15, -0.1) is 0 Å². The van der Waals surface area contributed by atoms with E-state index in [0.717, 1.165) is 57.4 Å². The summed E-state index contributed by atoms with van der Waals surface area (Å²) in [6, 6.07) is 18.8. The third kappa shape index (κ3) is 8.84. The minimum absolute atomic E-state index is 0.0849. The molecule has 0 unspecified atom stereocenters. The predicted octanol–water partition coefficient (Wildman–Crippen LogP) is 8.62. The topological polar surface area (TPSA) is 155 Å². The molecule has 2 aliphatic rings. The number of likely N-dealkylation sites (tertiary alicyclic amines) is 2. The Hall–Kier alpha value is -5.83. The van der Waals surface area contributed by atoms with Crippen LogP contribution < -0.4 is 5.32 Å². The van der Waals surface area contributed by atoms with Crippen LogP contribution in [0.5, 0.6) is 0 Å². The lowest BCUT2D eigenvalue weighted by atomic mass is 9.98. The standard InChI is InChI=1S/C43H49F2N7O6/c1-24(2)36(50-41(54)56-6)39(53)52-23-31(57-40(44)45)20-35(52)38-47-21-32(48-38)26-11-9-25(10-12-26)27-13-14-29-19-30(16-15-28(29)18-27)33-22-46-37(49-33)34-8-7-17-51(34)42(55)58-43(3,4)5/h9-16,18-19,21-22,24,31,34-36,40H,7-8,17,20,23H2,1-6H3,(H,46,49)(H,47,48)(H,50,54)/t31-,34-,35-,36-/m0/s1. The Labute approximate surface area is 335 Å². The minimum atomic E-state index is -3.00. The van der Waals surface area contributed by atoms with Crippen molar-refractivity contribution in [1.82, 2.24) is 35.1 Å². The molecule has 4 atom stereocenters. The third-order valence-corrected chi connectivity index (χ3v) is 10.6. The molecular formula is C43H49F2N7O6. The highest BCUT2D eigenvalue weighted by Crippen LogP contribution is 2.37. The highest BCUT2D eigenvalue weighted by molar-refractivity contribution is 5.91. The van der Waals surface area contributed by atoms with E-state index in [2.05, 4.69) is 61.7 Å². The first kappa shape index (κ1) is 40.4. The molecule has 15 heteroatoms. The molecular weight excluding hydrogens is 749 g/mol. The first-order valence-corrected chi connectivity index (χ1v) is 19.5. The Balaban J connectivity index is 1.05. The number of benzene rings is 3. The molecule has 2 fully saturated rings. The van der Waals surface area contributed by atoms with E-state index in [1.54, 1.807) is 24.9 Å². The number of methoxy groups -OCH3 is 1. The molecule has 306 valence electrons. The number of carbonyl (C=O) groups is 3. The maximum absolute atomic E-state index is 13.7. The fourth-order valence-electron chi connectivity index (χ4n) is 7.75. The van der Waals surface area contributed by atoms with Crippen LogP contribution in [-0.4, -0.2) is 92.4 Å². The summed E-state index contributed by atoms with van der Waals surface area (Å²) in [7, 11) is 1.20. The Morgan fingerprint density at radius 1 is 0.828 bits per heavy atom.